The number of allylic oxidation sites excluding steroid dienone is 1. The van der Waals surface area contributed by atoms with Gasteiger partial charge < -0.3 is 15.8 Å². The van der Waals surface area contributed by atoms with Gasteiger partial charge in [0.05, 0.1) is 24.1 Å². The van der Waals surface area contributed by atoms with Crippen LogP contribution in [0.25, 0.3) is 0 Å². The lowest BCUT2D eigenvalue weighted by molar-refractivity contribution is 0.404. The zero-order valence-electron chi connectivity index (χ0n) is 12.9. The fraction of sp³-hybridized carbons (Fsp3) is 0.412. The molecule has 1 aliphatic carbocycles. The third kappa shape index (κ3) is 3.59. The molecule has 0 heterocycles. The van der Waals surface area contributed by atoms with E-state index in [1.165, 1.54) is 26.4 Å². The summed E-state index contributed by atoms with van der Waals surface area (Å²) in [5, 5.41) is 20.9. The molecule has 0 unspecified atom stereocenters. The average Bonchev–Trinajstić information content (AvgIpc) is 2.56. The highest BCUT2D eigenvalue weighted by atomic mass is 16.5. The van der Waals surface area contributed by atoms with Crippen molar-refractivity contribution in [2.45, 2.75) is 38.1 Å². The molecule has 1 aromatic rings. The van der Waals surface area contributed by atoms with Gasteiger partial charge >= 0.3 is 0 Å². The van der Waals surface area contributed by atoms with Crippen LogP contribution in [-0.4, -0.2) is 18.9 Å². The number of hydrogen-bond donors (Lipinski definition) is 3. The summed E-state index contributed by atoms with van der Waals surface area (Å²) in [5.74, 6) is 0.436. The Balaban J connectivity index is 2.18. The summed E-state index contributed by atoms with van der Waals surface area (Å²) < 4.78 is 5.26. The number of methoxy groups -OCH3 is 1. The van der Waals surface area contributed by atoms with Crippen molar-refractivity contribution in [3.63, 3.8) is 0 Å². The van der Waals surface area contributed by atoms with Gasteiger partial charge in [0.1, 0.15) is 6.07 Å². The van der Waals surface area contributed by atoms with Gasteiger partial charge in [0.2, 0.25) is 0 Å². The van der Waals surface area contributed by atoms with Crippen molar-refractivity contribution in [3.05, 3.63) is 35.5 Å². The number of ether oxygens (including phenoxy) is 1. The Bertz CT molecular complexity index is 610. The Hall–Kier alpha value is -2.48. The van der Waals surface area contributed by atoms with Crippen LogP contribution in [0.1, 0.15) is 37.7 Å². The van der Waals surface area contributed by atoms with Gasteiger partial charge in [0, 0.05) is 17.8 Å². The van der Waals surface area contributed by atoms with Crippen molar-refractivity contribution in [1.82, 2.24) is 5.32 Å². The quantitative estimate of drug-likeness (QED) is 0.442. The maximum absolute atomic E-state index is 9.35. The summed E-state index contributed by atoms with van der Waals surface area (Å²) in [7, 11) is 1.51. The summed E-state index contributed by atoms with van der Waals surface area (Å²) in [6, 6.07) is 7.69. The number of rotatable bonds is 5. The molecule has 1 fully saturated rings. The number of nitrogens with two attached hydrogens (primary N) is 1. The first kappa shape index (κ1) is 15.9. The van der Waals surface area contributed by atoms with Crippen LogP contribution in [0.3, 0.4) is 0 Å². The van der Waals surface area contributed by atoms with Crippen LogP contribution in [0.5, 0.6) is 5.75 Å². The molecule has 0 spiro atoms. The van der Waals surface area contributed by atoms with Gasteiger partial charge in [-0.2, -0.15) is 5.26 Å². The van der Waals surface area contributed by atoms with E-state index in [1.54, 1.807) is 24.4 Å². The lowest BCUT2D eigenvalue weighted by Gasteiger charge is -2.22. The van der Waals surface area contributed by atoms with Gasteiger partial charge in [0.25, 0.3) is 0 Å². The van der Waals surface area contributed by atoms with Crippen molar-refractivity contribution in [1.29, 1.82) is 10.7 Å². The van der Waals surface area contributed by atoms with Crippen LogP contribution in [0.4, 0.5) is 5.69 Å². The minimum Gasteiger partial charge on any atom is -0.494 e. The van der Waals surface area contributed by atoms with Gasteiger partial charge in [-0.05, 0) is 25.0 Å². The van der Waals surface area contributed by atoms with Crippen LogP contribution in [0.2, 0.25) is 0 Å². The highest BCUT2D eigenvalue weighted by Crippen LogP contribution is 2.27. The average molecular weight is 298 g/mol. The highest BCUT2D eigenvalue weighted by Gasteiger charge is 2.16. The molecule has 1 saturated carbocycles. The topological polar surface area (TPSA) is 94.9 Å². The molecule has 4 N–H and O–H groups in total. The Kier molecular flexibility index (Phi) is 5.42. The minimum atomic E-state index is 0.120. The fourth-order valence-electron chi connectivity index (χ4n) is 2.76. The molecule has 5 heteroatoms. The van der Waals surface area contributed by atoms with Crippen LogP contribution < -0.4 is 15.8 Å². The van der Waals surface area contributed by atoms with Gasteiger partial charge in [-0.1, -0.05) is 25.3 Å². The second-order valence-corrected chi connectivity index (χ2v) is 5.47. The summed E-state index contributed by atoms with van der Waals surface area (Å²) >= 11 is 0. The number of para-hydroxylation sites is 1. The van der Waals surface area contributed by atoms with E-state index in [1.807, 2.05) is 0 Å². The summed E-state index contributed by atoms with van der Waals surface area (Å²) in [6.45, 7) is 0. The molecule has 1 aromatic carbocycles. The summed E-state index contributed by atoms with van der Waals surface area (Å²) in [4.78, 5) is 0. The molecule has 0 saturated heterocycles. The minimum absolute atomic E-state index is 0.120. The summed E-state index contributed by atoms with van der Waals surface area (Å²) in [5.41, 5.74) is 7.26. The molecule has 22 heavy (non-hydrogen) atoms. The Labute approximate surface area is 131 Å². The second-order valence-electron chi connectivity index (χ2n) is 5.47. The normalized spacial score (nSPS) is 15.9. The van der Waals surface area contributed by atoms with Gasteiger partial charge in [-0.25, -0.2) is 0 Å². The highest BCUT2D eigenvalue weighted by molar-refractivity contribution is 6.15. The third-order valence-electron chi connectivity index (χ3n) is 3.98. The molecular formula is C17H22N4O. The van der Waals surface area contributed by atoms with Crippen molar-refractivity contribution < 1.29 is 4.74 Å². The SMILES string of the molecule is COc1c(N)cccc1C(=N)/C(C#N)=C\NC1CCCCC1. The van der Waals surface area contributed by atoms with Crippen LogP contribution in [-0.2, 0) is 0 Å². The van der Waals surface area contributed by atoms with Gasteiger partial charge in [-0.15, -0.1) is 0 Å². The van der Waals surface area contributed by atoms with Crippen molar-refractivity contribution in [2.75, 3.05) is 12.8 Å². The zero-order chi connectivity index (χ0) is 15.9. The number of anilines is 1. The van der Waals surface area contributed by atoms with Crippen LogP contribution in [0.15, 0.2) is 30.0 Å². The standard InChI is InChI=1S/C17H22N4O/c1-22-17-14(8-5-9-15(17)19)16(20)12(10-18)11-21-13-6-3-2-4-7-13/h5,8-9,11,13,20-21H,2-4,6-7,19H2,1H3/b12-11-,20-16?. The first-order valence-corrected chi connectivity index (χ1v) is 7.55. The number of hydrogen-bond acceptors (Lipinski definition) is 5. The van der Waals surface area contributed by atoms with Gasteiger partial charge in [0.15, 0.2) is 5.75 Å². The molecule has 116 valence electrons. The number of nitrogen functional groups attached to an aromatic ring is 1. The van der Waals surface area contributed by atoms with Crippen LogP contribution in [0, 0.1) is 16.7 Å². The largest absolute Gasteiger partial charge is 0.494 e. The van der Waals surface area contributed by atoms with Crippen molar-refractivity contribution in [2.24, 2.45) is 0 Å². The number of nitriles is 1. The van der Waals surface area contributed by atoms with E-state index in [4.69, 9.17) is 15.9 Å². The van der Waals surface area contributed by atoms with E-state index < -0.39 is 0 Å². The summed E-state index contributed by atoms with van der Waals surface area (Å²) in [6.07, 6.45) is 7.60. The number of nitrogens with zero attached hydrogens (tertiary/aromatic N) is 1. The fourth-order valence-corrected chi connectivity index (χ4v) is 2.76. The molecule has 0 bridgehead atoms. The number of nitrogens with one attached hydrogen (secondary N) is 2. The Morgan fingerprint density at radius 1 is 1.41 bits per heavy atom. The van der Waals surface area contributed by atoms with Crippen LogP contribution >= 0.6 is 0 Å². The van der Waals surface area contributed by atoms with E-state index >= 15 is 0 Å². The smallest absolute Gasteiger partial charge is 0.151 e. The molecular weight excluding hydrogens is 276 g/mol. The first-order chi connectivity index (χ1) is 10.7. The van der Waals surface area contributed by atoms with Gasteiger partial charge in [-0.3, -0.25) is 5.41 Å². The number of benzene rings is 1. The van der Waals surface area contributed by atoms with E-state index in [9.17, 15) is 5.26 Å². The lowest BCUT2D eigenvalue weighted by Crippen LogP contribution is -2.27. The first-order valence-electron chi connectivity index (χ1n) is 7.55. The molecule has 2 rings (SSSR count). The molecule has 0 amide bonds. The molecule has 0 radical (unpaired) electrons. The monoisotopic (exact) mass is 298 g/mol. The lowest BCUT2D eigenvalue weighted by atomic mass is 9.95. The van der Waals surface area contributed by atoms with Crippen molar-refractivity contribution >= 4 is 11.4 Å². The predicted molar refractivity (Wildman–Crippen MR) is 87.9 cm³/mol. The van der Waals surface area contributed by atoms with E-state index in [-0.39, 0.29) is 11.3 Å². The maximum atomic E-state index is 9.35. The Morgan fingerprint density at radius 2 is 2.14 bits per heavy atom. The molecule has 0 atom stereocenters. The van der Waals surface area contributed by atoms with E-state index in [2.05, 4.69) is 11.4 Å². The molecule has 5 nitrogen and oxygen atoms in total. The predicted octanol–water partition coefficient (Wildman–Crippen LogP) is 2.98. The molecule has 0 aromatic heterocycles. The Morgan fingerprint density at radius 3 is 2.77 bits per heavy atom. The van der Waals surface area contributed by atoms with E-state index in [0.29, 0.717) is 23.0 Å². The molecule has 1 aliphatic rings. The molecule has 0 aliphatic heterocycles. The third-order valence-corrected chi connectivity index (χ3v) is 3.98. The zero-order valence-corrected chi connectivity index (χ0v) is 12.9. The van der Waals surface area contributed by atoms with Crippen molar-refractivity contribution in [3.8, 4) is 11.8 Å². The van der Waals surface area contributed by atoms with E-state index in [0.717, 1.165) is 12.8 Å². The maximum Gasteiger partial charge on any atom is 0.151 e. The second kappa shape index (κ2) is 7.51.